The molecule has 0 saturated carbocycles. The number of benzene rings is 1. The number of nitrogens with two attached hydrogens (primary N) is 1. The monoisotopic (exact) mass is 284 g/mol. The minimum Gasteiger partial charge on any atom is -0.398 e. The summed E-state index contributed by atoms with van der Waals surface area (Å²) in [7, 11) is -3.37. The maximum Gasteiger partial charge on any atom is 0.219 e. The van der Waals surface area contributed by atoms with Crippen molar-refractivity contribution >= 4 is 15.7 Å². The number of rotatable bonds is 4. The first-order chi connectivity index (χ1) is 8.57. The van der Waals surface area contributed by atoms with Crippen molar-refractivity contribution in [2.45, 2.75) is 52.0 Å². The molecule has 0 unspecified atom stereocenters. The number of hydrogen-bond donors (Lipinski definition) is 1. The van der Waals surface area contributed by atoms with Crippen LogP contribution in [0.3, 0.4) is 0 Å². The Hall–Kier alpha value is -1.07. The maximum absolute atomic E-state index is 12.6. The summed E-state index contributed by atoms with van der Waals surface area (Å²) in [6, 6.07) is 7.26. The van der Waals surface area contributed by atoms with E-state index in [-0.39, 0.29) is 6.04 Å². The van der Waals surface area contributed by atoms with Gasteiger partial charge < -0.3 is 5.73 Å². The number of nitrogen functional groups attached to an aromatic ring is 1. The van der Waals surface area contributed by atoms with Crippen molar-refractivity contribution in [3.63, 3.8) is 0 Å². The Bertz CT molecular complexity index is 531. The van der Waals surface area contributed by atoms with Gasteiger partial charge in [-0.2, -0.15) is 4.31 Å². The Morgan fingerprint density at radius 3 is 2.16 bits per heavy atom. The fraction of sp³-hybridized carbons (Fsp3) is 0.571. The number of nitrogens with zero attached hydrogens (tertiary/aromatic N) is 1. The predicted octanol–water partition coefficient (Wildman–Crippen LogP) is 2.61. The standard InChI is InChI=1S/C14H24N2O2S/c1-11(2)16(19(17,18)14(3,4)5)10-12-8-6-7-9-13(12)15/h6-9,11H,10,15H2,1-5H3. The summed E-state index contributed by atoms with van der Waals surface area (Å²) in [5, 5.41) is 0. The Labute approximate surface area is 116 Å². The summed E-state index contributed by atoms with van der Waals surface area (Å²) in [6.07, 6.45) is 0. The van der Waals surface area contributed by atoms with Crippen LogP contribution in [-0.2, 0) is 16.6 Å². The predicted molar refractivity (Wildman–Crippen MR) is 80.2 cm³/mol. The van der Waals surface area contributed by atoms with Gasteiger partial charge in [0.2, 0.25) is 10.0 Å². The van der Waals surface area contributed by atoms with Gasteiger partial charge in [0.1, 0.15) is 0 Å². The molecule has 0 aromatic heterocycles. The Kier molecular flexibility index (Phi) is 4.63. The molecule has 19 heavy (non-hydrogen) atoms. The van der Waals surface area contributed by atoms with Crippen LogP contribution < -0.4 is 5.73 Å². The van der Waals surface area contributed by atoms with Gasteiger partial charge in [-0.25, -0.2) is 8.42 Å². The van der Waals surface area contributed by atoms with Gasteiger partial charge in [0.25, 0.3) is 0 Å². The van der Waals surface area contributed by atoms with Crippen LogP contribution in [-0.4, -0.2) is 23.5 Å². The second-order valence-corrected chi connectivity index (χ2v) is 8.60. The van der Waals surface area contributed by atoms with Crippen molar-refractivity contribution in [2.75, 3.05) is 5.73 Å². The molecule has 0 heterocycles. The molecule has 1 rings (SSSR count). The van der Waals surface area contributed by atoms with Crippen molar-refractivity contribution in [1.82, 2.24) is 4.31 Å². The molecular weight excluding hydrogens is 260 g/mol. The van der Waals surface area contributed by atoms with Crippen LogP contribution in [0.5, 0.6) is 0 Å². The molecular formula is C14H24N2O2S. The SMILES string of the molecule is CC(C)N(Cc1ccccc1N)S(=O)(=O)C(C)(C)C. The highest BCUT2D eigenvalue weighted by atomic mass is 32.2. The zero-order valence-electron chi connectivity index (χ0n) is 12.3. The molecule has 0 saturated heterocycles. The highest BCUT2D eigenvalue weighted by Gasteiger charge is 2.36. The summed E-state index contributed by atoms with van der Waals surface area (Å²) in [5.41, 5.74) is 7.36. The van der Waals surface area contributed by atoms with E-state index in [0.29, 0.717) is 12.2 Å². The summed E-state index contributed by atoms with van der Waals surface area (Å²) in [6.45, 7) is 9.21. The van der Waals surface area contributed by atoms with Crippen molar-refractivity contribution in [3.05, 3.63) is 29.8 Å². The van der Waals surface area contributed by atoms with E-state index in [0.717, 1.165) is 5.56 Å². The molecule has 0 aliphatic carbocycles. The van der Waals surface area contributed by atoms with E-state index in [2.05, 4.69) is 0 Å². The number of para-hydroxylation sites is 1. The molecule has 0 aliphatic rings. The molecule has 5 heteroatoms. The molecule has 108 valence electrons. The molecule has 4 nitrogen and oxygen atoms in total. The van der Waals surface area contributed by atoms with E-state index in [1.807, 2.05) is 32.0 Å². The fourth-order valence-electron chi connectivity index (χ4n) is 1.74. The summed E-state index contributed by atoms with van der Waals surface area (Å²) < 4.78 is 25.9. The number of hydrogen-bond acceptors (Lipinski definition) is 3. The van der Waals surface area contributed by atoms with E-state index < -0.39 is 14.8 Å². The van der Waals surface area contributed by atoms with Gasteiger partial charge in [-0.1, -0.05) is 18.2 Å². The van der Waals surface area contributed by atoms with E-state index in [1.165, 1.54) is 4.31 Å². The first kappa shape index (κ1) is 16.0. The zero-order chi connectivity index (χ0) is 14.8. The second kappa shape index (κ2) is 5.51. The average molecular weight is 284 g/mol. The normalized spacial score (nSPS) is 13.2. The maximum atomic E-state index is 12.6. The van der Waals surface area contributed by atoms with Gasteiger partial charge in [0.15, 0.2) is 0 Å². The van der Waals surface area contributed by atoms with Gasteiger partial charge in [0.05, 0.1) is 4.75 Å². The Morgan fingerprint density at radius 1 is 1.21 bits per heavy atom. The molecule has 0 radical (unpaired) electrons. The van der Waals surface area contributed by atoms with Gasteiger partial charge in [-0.05, 0) is 46.2 Å². The number of anilines is 1. The van der Waals surface area contributed by atoms with E-state index in [9.17, 15) is 8.42 Å². The first-order valence-electron chi connectivity index (χ1n) is 6.42. The lowest BCUT2D eigenvalue weighted by molar-refractivity contribution is 0.337. The van der Waals surface area contributed by atoms with Crippen molar-refractivity contribution in [1.29, 1.82) is 0 Å². The van der Waals surface area contributed by atoms with Crippen LogP contribution in [0.1, 0.15) is 40.2 Å². The summed E-state index contributed by atoms with van der Waals surface area (Å²) >= 11 is 0. The minimum absolute atomic E-state index is 0.108. The third kappa shape index (κ3) is 3.48. The van der Waals surface area contributed by atoms with Crippen LogP contribution >= 0.6 is 0 Å². The van der Waals surface area contributed by atoms with E-state index in [1.54, 1.807) is 26.8 Å². The molecule has 1 aromatic carbocycles. The van der Waals surface area contributed by atoms with Crippen LogP contribution in [0, 0.1) is 0 Å². The van der Waals surface area contributed by atoms with Crippen LogP contribution in [0.2, 0.25) is 0 Å². The third-order valence-corrected chi connectivity index (χ3v) is 5.76. The molecule has 0 bridgehead atoms. The first-order valence-corrected chi connectivity index (χ1v) is 7.86. The van der Waals surface area contributed by atoms with Gasteiger partial charge in [-0.3, -0.25) is 0 Å². The van der Waals surface area contributed by atoms with Crippen LogP contribution in [0.4, 0.5) is 5.69 Å². The lowest BCUT2D eigenvalue weighted by atomic mass is 10.2. The average Bonchev–Trinajstić information content (AvgIpc) is 2.25. The van der Waals surface area contributed by atoms with Gasteiger partial charge in [-0.15, -0.1) is 0 Å². The number of sulfonamides is 1. The molecule has 0 spiro atoms. The highest BCUT2D eigenvalue weighted by molar-refractivity contribution is 7.90. The molecule has 0 fully saturated rings. The summed E-state index contributed by atoms with van der Waals surface area (Å²) in [4.78, 5) is 0. The Morgan fingerprint density at radius 2 is 1.74 bits per heavy atom. The van der Waals surface area contributed by atoms with Crippen molar-refractivity contribution in [2.24, 2.45) is 0 Å². The molecule has 0 atom stereocenters. The third-order valence-electron chi connectivity index (χ3n) is 3.04. The van der Waals surface area contributed by atoms with Gasteiger partial charge in [0, 0.05) is 18.3 Å². The fourth-order valence-corrected chi connectivity index (χ4v) is 3.31. The quantitative estimate of drug-likeness (QED) is 0.864. The van der Waals surface area contributed by atoms with Crippen LogP contribution in [0.25, 0.3) is 0 Å². The van der Waals surface area contributed by atoms with E-state index >= 15 is 0 Å². The lowest BCUT2D eigenvalue weighted by Gasteiger charge is -2.33. The van der Waals surface area contributed by atoms with E-state index in [4.69, 9.17) is 5.73 Å². The largest absolute Gasteiger partial charge is 0.398 e. The topological polar surface area (TPSA) is 63.4 Å². The molecule has 0 aliphatic heterocycles. The molecule has 1 aromatic rings. The summed E-state index contributed by atoms with van der Waals surface area (Å²) in [5.74, 6) is 0. The van der Waals surface area contributed by atoms with Gasteiger partial charge >= 0.3 is 0 Å². The zero-order valence-corrected chi connectivity index (χ0v) is 13.2. The minimum atomic E-state index is -3.37. The highest BCUT2D eigenvalue weighted by Crippen LogP contribution is 2.25. The molecule has 0 amide bonds. The van der Waals surface area contributed by atoms with Crippen LogP contribution in [0.15, 0.2) is 24.3 Å². The second-order valence-electron chi connectivity index (χ2n) is 5.96. The lowest BCUT2D eigenvalue weighted by Crippen LogP contribution is -2.45. The molecule has 2 N–H and O–H groups in total. The van der Waals surface area contributed by atoms with Crippen molar-refractivity contribution < 1.29 is 8.42 Å². The Balaban J connectivity index is 3.15. The van der Waals surface area contributed by atoms with Crippen molar-refractivity contribution in [3.8, 4) is 0 Å². The smallest absolute Gasteiger partial charge is 0.219 e.